The van der Waals surface area contributed by atoms with Crippen LogP contribution in [-0.2, 0) is 0 Å². The van der Waals surface area contributed by atoms with E-state index in [0.29, 0.717) is 31.3 Å². The van der Waals surface area contributed by atoms with Gasteiger partial charge in [0, 0.05) is 11.5 Å². The van der Waals surface area contributed by atoms with Crippen molar-refractivity contribution in [3.05, 3.63) is 28.6 Å². The fraction of sp³-hybridized carbons (Fsp3) is 0.690. The zero-order valence-electron chi connectivity index (χ0n) is 21.9. The minimum atomic E-state index is -0.234. The molecule has 0 aliphatic carbocycles. The number of hydrogen-bond donors (Lipinski definition) is 1. The van der Waals surface area contributed by atoms with Crippen molar-refractivity contribution in [3.8, 4) is 17.2 Å². The predicted molar refractivity (Wildman–Crippen MR) is 143 cm³/mol. The van der Waals surface area contributed by atoms with Crippen LogP contribution in [-0.4, -0.2) is 24.8 Å². The van der Waals surface area contributed by atoms with E-state index in [4.69, 9.17) is 14.2 Å². The summed E-state index contributed by atoms with van der Waals surface area (Å²) in [7, 11) is 0. The molecule has 2 aromatic rings. The third-order valence-electron chi connectivity index (χ3n) is 6.15. The van der Waals surface area contributed by atoms with Gasteiger partial charge in [-0.3, -0.25) is 4.79 Å². The van der Waals surface area contributed by atoms with Gasteiger partial charge < -0.3 is 19.2 Å². The molecule has 34 heavy (non-hydrogen) atoms. The molecular formula is C29H47NO4. The number of rotatable bonds is 20. The first-order valence-corrected chi connectivity index (χ1v) is 13.8. The van der Waals surface area contributed by atoms with Crippen molar-refractivity contribution >= 4 is 10.9 Å². The smallest absolute Gasteiger partial charge is 0.294 e. The molecule has 2 rings (SSSR count). The topological polar surface area (TPSA) is 60.6 Å². The molecule has 1 aromatic carbocycles. The van der Waals surface area contributed by atoms with Crippen LogP contribution in [0.15, 0.2) is 23.0 Å². The molecule has 1 aromatic heterocycles. The van der Waals surface area contributed by atoms with Gasteiger partial charge in [0.1, 0.15) is 5.75 Å². The van der Waals surface area contributed by atoms with Crippen molar-refractivity contribution in [3.63, 3.8) is 0 Å². The summed E-state index contributed by atoms with van der Waals surface area (Å²) in [5.41, 5.74) is 0.494. The van der Waals surface area contributed by atoms with Gasteiger partial charge in [0.25, 0.3) is 5.56 Å². The van der Waals surface area contributed by atoms with Crippen LogP contribution in [0.3, 0.4) is 0 Å². The number of aromatic amines is 1. The maximum absolute atomic E-state index is 12.9. The van der Waals surface area contributed by atoms with Gasteiger partial charge in [-0.05, 0) is 31.4 Å². The Hall–Kier alpha value is -2.17. The summed E-state index contributed by atoms with van der Waals surface area (Å²) in [6.45, 7) is 8.43. The average molecular weight is 474 g/mol. The maximum Gasteiger partial charge on any atom is 0.294 e. The molecule has 0 radical (unpaired) electrons. The molecule has 0 amide bonds. The third kappa shape index (κ3) is 9.99. The number of fused-ring (bicyclic) bond motifs is 1. The number of hydrogen-bond acceptors (Lipinski definition) is 4. The van der Waals surface area contributed by atoms with Gasteiger partial charge in [0.15, 0.2) is 5.75 Å². The molecule has 1 heterocycles. The van der Waals surface area contributed by atoms with Crippen LogP contribution in [0.4, 0.5) is 0 Å². The van der Waals surface area contributed by atoms with E-state index < -0.39 is 0 Å². The summed E-state index contributed by atoms with van der Waals surface area (Å²) in [5.74, 6) is 1.65. The Bertz CT molecular complexity index is 861. The molecule has 0 spiro atoms. The first kappa shape index (κ1) is 28.1. The van der Waals surface area contributed by atoms with E-state index in [2.05, 4.69) is 25.8 Å². The molecule has 0 fully saturated rings. The molecule has 0 saturated heterocycles. The normalized spacial score (nSPS) is 11.1. The van der Waals surface area contributed by atoms with Gasteiger partial charge in [-0.1, -0.05) is 91.4 Å². The summed E-state index contributed by atoms with van der Waals surface area (Å²) in [5, 5.41) is 0.867. The second kappa shape index (κ2) is 17.3. The Morgan fingerprint density at radius 1 is 0.618 bits per heavy atom. The summed E-state index contributed by atoms with van der Waals surface area (Å²) in [4.78, 5) is 15.9. The highest BCUT2D eigenvalue weighted by Gasteiger charge is 2.16. The Morgan fingerprint density at radius 3 is 1.74 bits per heavy atom. The van der Waals surface area contributed by atoms with Crippen LogP contribution in [0.5, 0.6) is 17.2 Å². The number of benzene rings is 1. The molecule has 0 atom stereocenters. The van der Waals surface area contributed by atoms with E-state index >= 15 is 0 Å². The summed E-state index contributed by atoms with van der Waals surface area (Å²) in [6.07, 6.45) is 16.2. The maximum atomic E-state index is 12.9. The third-order valence-corrected chi connectivity index (χ3v) is 6.15. The minimum Gasteiger partial charge on any atom is -0.494 e. The summed E-state index contributed by atoms with van der Waals surface area (Å²) in [6, 6.07) is 5.84. The van der Waals surface area contributed by atoms with E-state index in [0.717, 1.165) is 48.8 Å². The average Bonchev–Trinajstić information content (AvgIpc) is 2.84. The highest BCUT2D eigenvalue weighted by Crippen LogP contribution is 2.34. The zero-order chi connectivity index (χ0) is 24.4. The Labute approximate surface area is 206 Å². The van der Waals surface area contributed by atoms with Crippen LogP contribution in [0.2, 0.25) is 0 Å². The number of aromatic nitrogens is 1. The fourth-order valence-corrected chi connectivity index (χ4v) is 4.07. The first-order chi connectivity index (χ1) is 16.7. The lowest BCUT2D eigenvalue weighted by atomic mass is 10.1. The first-order valence-electron chi connectivity index (χ1n) is 13.8. The molecular weight excluding hydrogens is 426 g/mol. The molecule has 1 N–H and O–H groups in total. The SMILES string of the molecule is CCCCCCCCOc1c(OCCCCCC)c2ccc(OCCCCCC)cc2[nH]c1=O. The zero-order valence-corrected chi connectivity index (χ0v) is 21.9. The quantitative estimate of drug-likeness (QED) is 0.197. The van der Waals surface area contributed by atoms with Crippen molar-refractivity contribution in [2.75, 3.05) is 19.8 Å². The monoisotopic (exact) mass is 473 g/mol. The van der Waals surface area contributed by atoms with Crippen molar-refractivity contribution in [2.45, 2.75) is 111 Å². The molecule has 0 saturated carbocycles. The number of unbranched alkanes of at least 4 members (excludes halogenated alkanes) is 11. The lowest BCUT2D eigenvalue weighted by Crippen LogP contribution is -2.15. The van der Waals surface area contributed by atoms with E-state index in [1.54, 1.807) is 0 Å². The van der Waals surface area contributed by atoms with Crippen LogP contribution >= 0.6 is 0 Å². The van der Waals surface area contributed by atoms with Crippen LogP contribution < -0.4 is 19.8 Å². The summed E-state index contributed by atoms with van der Waals surface area (Å²) >= 11 is 0. The highest BCUT2D eigenvalue weighted by atomic mass is 16.5. The number of pyridine rings is 1. The highest BCUT2D eigenvalue weighted by molar-refractivity contribution is 5.88. The van der Waals surface area contributed by atoms with Crippen LogP contribution in [0.1, 0.15) is 111 Å². The van der Waals surface area contributed by atoms with Crippen molar-refractivity contribution in [2.24, 2.45) is 0 Å². The Kier molecular flexibility index (Phi) is 14.3. The lowest BCUT2D eigenvalue weighted by molar-refractivity contribution is 0.258. The molecule has 5 heteroatoms. The molecule has 192 valence electrons. The summed E-state index contributed by atoms with van der Waals surface area (Å²) < 4.78 is 18.1. The Morgan fingerprint density at radius 2 is 1.12 bits per heavy atom. The second-order valence-electron chi connectivity index (χ2n) is 9.25. The predicted octanol–water partition coefficient (Wildman–Crippen LogP) is 8.19. The minimum absolute atomic E-state index is 0.234. The molecule has 0 aliphatic rings. The van der Waals surface area contributed by atoms with E-state index in [1.165, 1.54) is 57.8 Å². The number of H-pyrrole nitrogens is 1. The van der Waals surface area contributed by atoms with E-state index in [-0.39, 0.29) is 5.56 Å². The van der Waals surface area contributed by atoms with Gasteiger partial charge >= 0.3 is 0 Å². The largest absolute Gasteiger partial charge is 0.494 e. The van der Waals surface area contributed by atoms with Gasteiger partial charge in [-0.15, -0.1) is 0 Å². The molecule has 0 bridgehead atoms. The molecule has 0 unspecified atom stereocenters. The van der Waals surface area contributed by atoms with Gasteiger partial charge in [-0.2, -0.15) is 0 Å². The van der Waals surface area contributed by atoms with Gasteiger partial charge in [0.2, 0.25) is 5.75 Å². The van der Waals surface area contributed by atoms with Crippen molar-refractivity contribution in [1.82, 2.24) is 4.98 Å². The number of ether oxygens (including phenoxy) is 3. The van der Waals surface area contributed by atoms with Crippen molar-refractivity contribution in [1.29, 1.82) is 0 Å². The number of nitrogens with one attached hydrogen (secondary N) is 1. The lowest BCUT2D eigenvalue weighted by Gasteiger charge is -2.15. The van der Waals surface area contributed by atoms with E-state index in [9.17, 15) is 4.79 Å². The second-order valence-corrected chi connectivity index (χ2v) is 9.25. The van der Waals surface area contributed by atoms with Gasteiger partial charge in [-0.25, -0.2) is 0 Å². The molecule has 5 nitrogen and oxygen atoms in total. The van der Waals surface area contributed by atoms with Gasteiger partial charge in [0.05, 0.1) is 25.3 Å². The molecule has 0 aliphatic heterocycles. The Balaban J connectivity index is 2.10. The van der Waals surface area contributed by atoms with E-state index in [1.807, 2.05) is 18.2 Å². The fourth-order valence-electron chi connectivity index (χ4n) is 4.07. The van der Waals surface area contributed by atoms with Crippen molar-refractivity contribution < 1.29 is 14.2 Å². The van der Waals surface area contributed by atoms with Crippen LogP contribution in [0, 0.1) is 0 Å². The standard InChI is InChI=1S/C29H47NO4/c1-4-7-10-13-14-17-22-34-28-27(33-21-16-12-9-6-3)25-19-18-24(23-26(25)30-29(28)31)32-20-15-11-8-5-2/h18-19,23H,4-17,20-22H2,1-3H3,(H,30,31). The van der Waals surface area contributed by atoms with Crippen LogP contribution in [0.25, 0.3) is 10.9 Å².